The summed E-state index contributed by atoms with van der Waals surface area (Å²) in [5.74, 6) is 0. The van der Waals surface area contributed by atoms with Gasteiger partial charge in [-0.15, -0.1) is 0 Å². The number of benzene rings is 3. The fraction of sp³-hybridized carbons (Fsp3) is 0.440. The number of hydrogen-bond donors (Lipinski definition) is 1. The highest BCUT2D eigenvalue weighted by atomic mass is 79.9. The molecule has 0 radical (unpaired) electrons. The largest absolute Gasteiger partial charge is 0.388 e. The summed E-state index contributed by atoms with van der Waals surface area (Å²) in [7, 11) is 0. The van der Waals surface area contributed by atoms with Crippen LogP contribution in [-0.4, -0.2) is 29.1 Å². The molecule has 1 aliphatic rings. The molecule has 0 amide bonds. The lowest BCUT2D eigenvalue weighted by Gasteiger charge is -2.37. The maximum absolute atomic E-state index is 11.3. The Kier molecular flexibility index (Phi) is 6.35. The van der Waals surface area contributed by atoms with Gasteiger partial charge in [-0.05, 0) is 84.1 Å². The number of aliphatic hydroxyl groups is 1. The van der Waals surface area contributed by atoms with Crippen LogP contribution in [0.15, 0.2) is 53.0 Å². The molecule has 1 fully saturated rings. The van der Waals surface area contributed by atoms with E-state index in [1.54, 1.807) is 0 Å². The van der Waals surface area contributed by atoms with Crippen molar-refractivity contribution in [2.24, 2.45) is 0 Å². The van der Waals surface area contributed by atoms with Crippen molar-refractivity contribution in [1.82, 2.24) is 4.90 Å². The van der Waals surface area contributed by atoms with E-state index in [1.807, 2.05) is 0 Å². The Hall–Kier alpha value is -1.42. The number of rotatable bonds is 6. The fourth-order valence-electron chi connectivity index (χ4n) is 4.75. The molecule has 3 aromatic rings. The van der Waals surface area contributed by atoms with Crippen LogP contribution in [0.3, 0.4) is 0 Å². The Bertz CT molecular complexity index is 954. The normalized spacial score (nSPS) is 19.3. The summed E-state index contributed by atoms with van der Waals surface area (Å²) in [5.41, 5.74) is 1.07. The lowest BCUT2D eigenvalue weighted by molar-refractivity contribution is 0.0783. The topological polar surface area (TPSA) is 23.5 Å². The summed E-state index contributed by atoms with van der Waals surface area (Å²) in [5, 5.41) is 16.1. The van der Waals surface area contributed by atoms with Crippen LogP contribution in [-0.2, 0) is 0 Å². The van der Waals surface area contributed by atoms with E-state index in [9.17, 15) is 5.11 Å². The quantitative estimate of drug-likeness (QED) is 0.425. The molecule has 1 heterocycles. The Balaban J connectivity index is 1.69. The molecule has 0 spiro atoms. The van der Waals surface area contributed by atoms with Crippen LogP contribution in [0, 0.1) is 0 Å². The smallest absolute Gasteiger partial charge is 0.0811 e. The summed E-state index contributed by atoms with van der Waals surface area (Å²) >= 11 is 3.62. The van der Waals surface area contributed by atoms with Crippen molar-refractivity contribution in [1.29, 1.82) is 0 Å². The molecule has 2 atom stereocenters. The molecule has 3 heteroatoms. The van der Waals surface area contributed by atoms with Crippen molar-refractivity contribution in [3.05, 3.63) is 58.6 Å². The van der Waals surface area contributed by atoms with E-state index in [4.69, 9.17) is 0 Å². The minimum absolute atomic E-state index is 0.430. The second kappa shape index (κ2) is 8.94. The zero-order valence-corrected chi connectivity index (χ0v) is 18.3. The highest BCUT2D eigenvalue weighted by Crippen LogP contribution is 2.36. The van der Waals surface area contributed by atoms with Crippen LogP contribution in [0.1, 0.15) is 57.1 Å². The minimum Gasteiger partial charge on any atom is -0.388 e. The first kappa shape index (κ1) is 19.9. The van der Waals surface area contributed by atoms with Gasteiger partial charge in [-0.1, -0.05) is 66.0 Å². The van der Waals surface area contributed by atoms with E-state index in [1.165, 1.54) is 66.7 Å². The third-order valence-electron chi connectivity index (χ3n) is 6.26. The minimum atomic E-state index is -0.430. The SMILES string of the molecule is CCCCN1CCCCC1CC(O)c1cc2ccccc2c2cc(Br)ccc12. The van der Waals surface area contributed by atoms with E-state index in [0.29, 0.717) is 6.04 Å². The molecule has 0 bridgehead atoms. The van der Waals surface area contributed by atoms with E-state index in [0.717, 1.165) is 16.5 Å². The number of piperidine rings is 1. The molecule has 0 aliphatic carbocycles. The zero-order valence-electron chi connectivity index (χ0n) is 16.7. The molecule has 148 valence electrons. The van der Waals surface area contributed by atoms with Gasteiger partial charge >= 0.3 is 0 Å². The molecule has 0 saturated carbocycles. The first-order chi connectivity index (χ1) is 13.7. The third kappa shape index (κ3) is 4.12. The van der Waals surface area contributed by atoms with Crippen LogP contribution < -0.4 is 0 Å². The lowest BCUT2D eigenvalue weighted by atomic mass is 9.89. The maximum Gasteiger partial charge on any atom is 0.0811 e. The van der Waals surface area contributed by atoms with Crippen LogP contribution in [0.4, 0.5) is 0 Å². The van der Waals surface area contributed by atoms with Gasteiger partial charge in [-0.2, -0.15) is 0 Å². The molecule has 1 aliphatic heterocycles. The molecular formula is C25H30BrNO. The fourth-order valence-corrected chi connectivity index (χ4v) is 5.11. The molecule has 0 aromatic heterocycles. The summed E-state index contributed by atoms with van der Waals surface area (Å²) in [6, 6.07) is 17.6. The zero-order chi connectivity index (χ0) is 19.5. The number of hydrogen-bond acceptors (Lipinski definition) is 2. The Morgan fingerprint density at radius 1 is 1.07 bits per heavy atom. The lowest BCUT2D eigenvalue weighted by Crippen LogP contribution is -2.40. The van der Waals surface area contributed by atoms with Crippen LogP contribution in [0.25, 0.3) is 21.5 Å². The highest BCUT2D eigenvalue weighted by Gasteiger charge is 2.26. The molecule has 2 unspecified atom stereocenters. The Morgan fingerprint density at radius 3 is 2.79 bits per heavy atom. The maximum atomic E-state index is 11.3. The number of unbranched alkanes of at least 4 members (excludes halogenated alkanes) is 1. The standard InChI is InChI=1S/C25H30BrNO/c1-2-3-13-27-14-7-6-9-20(27)17-25(28)24-15-18-8-4-5-10-21(18)23-16-19(26)11-12-22(23)24/h4-5,8,10-12,15-16,20,25,28H,2-3,6-7,9,13-14,17H2,1H3. The van der Waals surface area contributed by atoms with Crippen molar-refractivity contribution in [2.75, 3.05) is 13.1 Å². The molecule has 1 saturated heterocycles. The second-order valence-electron chi connectivity index (χ2n) is 8.17. The van der Waals surface area contributed by atoms with Gasteiger partial charge in [-0.3, -0.25) is 0 Å². The summed E-state index contributed by atoms with van der Waals surface area (Å²) in [6.45, 7) is 4.61. The van der Waals surface area contributed by atoms with Crippen molar-refractivity contribution in [3.63, 3.8) is 0 Å². The number of fused-ring (bicyclic) bond motifs is 3. The van der Waals surface area contributed by atoms with Gasteiger partial charge in [0, 0.05) is 10.5 Å². The predicted octanol–water partition coefficient (Wildman–Crippen LogP) is 6.83. The number of halogens is 1. The van der Waals surface area contributed by atoms with Crippen LogP contribution >= 0.6 is 15.9 Å². The van der Waals surface area contributed by atoms with E-state index >= 15 is 0 Å². The van der Waals surface area contributed by atoms with Gasteiger partial charge in [-0.25, -0.2) is 0 Å². The van der Waals surface area contributed by atoms with Gasteiger partial charge < -0.3 is 10.0 Å². The van der Waals surface area contributed by atoms with E-state index in [2.05, 4.69) is 76.3 Å². The summed E-state index contributed by atoms with van der Waals surface area (Å²) in [4.78, 5) is 2.62. The number of nitrogens with zero attached hydrogens (tertiary/aromatic N) is 1. The van der Waals surface area contributed by atoms with Crippen molar-refractivity contribution in [3.8, 4) is 0 Å². The summed E-state index contributed by atoms with van der Waals surface area (Å²) in [6.07, 6.45) is 6.66. The van der Waals surface area contributed by atoms with Crippen molar-refractivity contribution in [2.45, 2.75) is 57.6 Å². The molecule has 4 rings (SSSR count). The molecule has 28 heavy (non-hydrogen) atoms. The molecule has 3 aromatic carbocycles. The van der Waals surface area contributed by atoms with Gasteiger partial charge in [0.25, 0.3) is 0 Å². The number of likely N-dealkylation sites (tertiary alicyclic amines) is 1. The average molecular weight is 440 g/mol. The Morgan fingerprint density at radius 2 is 1.93 bits per heavy atom. The van der Waals surface area contributed by atoms with E-state index < -0.39 is 6.10 Å². The van der Waals surface area contributed by atoms with Gasteiger partial charge in [0.1, 0.15) is 0 Å². The van der Waals surface area contributed by atoms with Gasteiger partial charge in [0.05, 0.1) is 6.10 Å². The highest BCUT2D eigenvalue weighted by molar-refractivity contribution is 9.10. The van der Waals surface area contributed by atoms with Gasteiger partial charge in [0.15, 0.2) is 0 Å². The third-order valence-corrected chi connectivity index (χ3v) is 6.75. The predicted molar refractivity (Wildman–Crippen MR) is 123 cm³/mol. The first-order valence-electron chi connectivity index (χ1n) is 10.7. The van der Waals surface area contributed by atoms with E-state index in [-0.39, 0.29) is 0 Å². The van der Waals surface area contributed by atoms with Crippen molar-refractivity contribution < 1.29 is 5.11 Å². The average Bonchev–Trinajstić information content (AvgIpc) is 2.72. The molecular weight excluding hydrogens is 410 g/mol. The van der Waals surface area contributed by atoms with Crippen LogP contribution in [0.2, 0.25) is 0 Å². The first-order valence-corrected chi connectivity index (χ1v) is 11.5. The Labute approximate surface area is 176 Å². The van der Waals surface area contributed by atoms with Crippen LogP contribution in [0.5, 0.6) is 0 Å². The van der Waals surface area contributed by atoms with Gasteiger partial charge in [0.2, 0.25) is 0 Å². The molecule has 1 N–H and O–H groups in total. The van der Waals surface area contributed by atoms with Crippen molar-refractivity contribution >= 4 is 37.5 Å². The second-order valence-corrected chi connectivity index (χ2v) is 9.08. The summed E-state index contributed by atoms with van der Waals surface area (Å²) < 4.78 is 1.08. The monoisotopic (exact) mass is 439 g/mol. The number of aliphatic hydroxyl groups excluding tert-OH is 1. The molecule has 2 nitrogen and oxygen atoms in total.